The molecule has 1 aliphatic carbocycles. The smallest absolute Gasteiger partial charge is 0.277 e. The van der Waals surface area contributed by atoms with Gasteiger partial charge in [0.05, 0.1) is 0 Å². The summed E-state index contributed by atoms with van der Waals surface area (Å²) < 4.78 is 28.5. The van der Waals surface area contributed by atoms with Crippen LogP contribution in [0.3, 0.4) is 0 Å². The molecule has 6 heteroatoms. The molecule has 1 saturated heterocycles. The van der Waals surface area contributed by atoms with E-state index in [-0.39, 0.29) is 6.04 Å². The van der Waals surface area contributed by atoms with Crippen molar-refractivity contribution in [3.63, 3.8) is 0 Å². The Morgan fingerprint density at radius 3 is 2.69 bits per heavy atom. The van der Waals surface area contributed by atoms with Crippen LogP contribution in [-0.4, -0.2) is 34.1 Å². The van der Waals surface area contributed by atoms with E-state index >= 15 is 0 Å². The third-order valence-corrected chi connectivity index (χ3v) is 4.59. The Labute approximate surface area is 97.6 Å². The van der Waals surface area contributed by atoms with Gasteiger partial charge in [-0.25, -0.2) is 4.72 Å². The normalized spacial score (nSPS) is 31.6. The van der Waals surface area contributed by atoms with Gasteiger partial charge in [-0.05, 0) is 44.2 Å². The molecule has 2 atom stereocenters. The molecule has 5 nitrogen and oxygen atoms in total. The summed E-state index contributed by atoms with van der Waals surface area (Å²) in [5.41, 5.74) is 0. The molecule has 3 N–H and O–H groups in total. The van der Waals surface area contributed by atoms with Crippen molar-refractivity contribution in [1.82, 2.24) is 14.8 Å². The first-order valence-corrected chi connectivity index (χ1v) is 7.53. The lowest BCUT2D eigenvalue weighted by atomic mass is 9.88. The molecule has 0 bridgehead atoms. The van der Waals surface area contributed by atoms with Crippen LogP contribution in [0.25, 0.3) is 0 Å². The van der Waals surface area contributed by atoms with Crippen molar-refractivity contribution < 1.29 is 8.42 Å². The minimum Gasteiger partial charge on any atom is -0.316 e. The summed E-state index contributed by atoms with van der Waals surface area (Å²) in [5.74, 6) is 0.995. The molecule has 0 amide bonds. The molecule has 0 aromatic carbocycles. The Kier molecular flexibility index (Phi) is 3.84. The number of piperidine rings is 1. The summed E-state index contributed by atoms with van der Waals surface area (Å²) in [7, 11) is -3.26. The van der Waals surface area contributed by atoms with Crippen molar-refractivity contribution in [2.75, 3.05) is 19.6 Å². The molecule has 94 valence electrons. The van der Waals surface area contributed by atoms with Gasteiger partial charge in [0.15, 0.2) is 0 Å². The number of hydrogen-bond acceptors (Lipinski definition) is 3. The van der Waals surface area contributed by atoms with Gasteiger partial charge in [-0.2, -0.15) is 13.1 Å². The minimum atomic E-state index is -3.26. The SMILES string of the molecule is CC1CNCCC1CNS(=O)(=O)NC1CC1. The van der Waals surface area contributed by atoms with E-state index in [1.165, 1.54) is 0 Å². The monoisotopic (exact) mass is 247 g/mol. The summed E-state index contributed by atoms with van der Waals surface area (Å²) in [6.07, 6.45) is 3.00. The zero-order chi connectivity index (χ0) is 11.6. The van der Waals surface area contributed by atoms with Crippen molar-refractivity contribution in [2.45, 2.75) is 32.2 Å². The number of nitrogens with one attached hydrogen (secondary N) is 3. The molecule has 1 heterocycles. The van der Waals surface area contributed by atoms with Gasteiger partial charge in [0.2, 0.25) is 0 Å². The van der Waals surface area contributed by atoms with Crippen molar-refractivity contribution in [3.05, 3.63) is 0 Å². The first-order valence-electron chi connectivity index (χ1n) is 6.04. The summed E-state index contributed by atoms with van der Waals surface area (Å²) >= 11 is 0. The van der Waals surface area contributed by atoms with Gasteiger partial charge < -0.3 is 5.32 Å². The van der Waals surface area contributed by atoms with Crippen LogP contribution in [0, 0.1) is 11.8 Å². The van der Waals surface area contributed by atoms with Crippen molar-refractivity contribution in [2.24, 2.45) is 11.8 Å². The lowest BCUT2D eigenvalue weighted by molar-refractivity contribution is 0.274. The molecule has 2 unspecified atom stereocenters. The van der Waals surface area contributed by atoms with E-state index in [0.717, 1.165) is 32.4 Å². The Morgan fingerprint density at radius 1 is 1.31 bits per heavy atom. The predicted octanol–water partition coefficient (Wildman–Crippen LogP) is -0.182. The molecule has 2 rings (SSSR count). The van der Waals surface area contributed by atoms with Gasteiger partial charge in [0.25, 0.3) is 10.2 Å². The van der Waals surface area contributed by atoms with E-state index in [2.05, 4.69) is 21.7 Å². The van der Waals surface area contributed by atoms with Gasteiger partial charge in [-0.3, -0.25) is 0 Å². The maximum atomic E-state index is 11.6. The highest BCUT2D eigenvalue weighted by molar-refractivity contribution is 7.87. The van der Waals surface area contributed by atoms with Crippen LogP contribution in [-0.2, 0) is 10.2 Å². The summed E-state index contributed by atoms with van der Waals surface area (Å²) in [4.78, 5) is 0. The summed E-state index contributed by atoms with van der Waals surface area (Å²) in [6.45, 7) is 4.71. The van der Waals surface area contributed by atoms with Gasteiger partial charge in [0.1, 0.15) is 0 Å². The lowest BCUT2D eigenvalue weighted by Crippen LogP contribution is -2.44. The maximum absolute atomic E-state index is 11.6. The second kappa shape index (κ2) is 5.00. The highest BCUT2D eigenvalue weighted by Crippen LogP contribution is 2.20. The zero-order valence-electron chi connectivity index (χ0n) is 9.70. The fraction of sp³-hybridized carbons (Fsp3) is 1.00. The van der Waals surface area contributed by atoms with E-state index in [4.69, 9.17) is 0 Å². The second-order valence-corrected chi connectivity index (χ2v) is 6.51. The molecular weight excluding hydrogens is 226 g/mol. The van der Waals surface area contributed by atoms with Crippen LogP contribution in [0.5, 0.6) is 0 Å². The molecule has 0 spiro atoms. The fourth-order valence-corrected chi connectivity index (χ4v) is 3.24. The largest absolute Gasteiger partial charge is 0.316 e. The quantitative estimate of drug-likeness (QED) is 0.631. The molecule has 16 heavy (non-hydrogen) atoms. The third kappa shape index (κ3) is 3.69. The molecular formula is C10H21N3O2S. The Balaban J connectivity index is 1.76. The van der Waals surface area contributed by atoms with Crippen LogP contribution in [0.15, 0.2) is 0 Å². The van der Waals surface area contributed by atoms with E-state index in [0.29, 0.717) is 18.4 Å². The van der Waals surface area contributed by atoms with Gasteiger partial charge in [0, 0.05) is 12.6 Å². The standard InChI is InChI=1S/C10H21N3O2S/c1-8-6-11-5-4-9(8)7-12-16(14,15)13-10-2-3-10/h8-13H,2-7H2,1H3. The van der Waals surface area contributed by atoms with E-state index in [1.807, 2.05) is 0 Å². The Hall–Kier alpha value is -0.170. The van der Waals surface area contributed by atoms with Crippen molar-refractivity contribution in [3.8, 4) is 0 Å². The zero-order valence-corrected chi connectivity index (χ0v) is 10.5. The van der Waals surface area contributed by atoms with Crippen LogP contribution in [0.4, 0.5) is 0 Å². The third-order valence-electron chi connectivity index (χ3n) is 3.40. The summed E-state index contributed by atoms with van der Waals surface area (Å²) in [6, 6.07) is 0.183. The molecule has 0 radical (unpaired) electrons. The Bertz CT molecular complexity index is 327. The van der Waals surface area contributed by atoms with Crippen LogP contribution >= 0.6 is 0 Å². The average Bonchev–Trinajstić information content (AvgIpc) is 3.00. The van der Waals surface area contributed by atoms with E-state index < -0.39 is 10.2 Å². The van der Waals surface area contributed by atoms with Crippen LogP contribution in [0.2, 0.25) is 0 Å². The minimum absolute atomic E-state index is 0.183. The summed E-state index contributed by atoms with van der Waals surface area (Å²) in [5, 5.41) is 3.31. The first-order chi connectivity index (χ1) is 7.57. The lowest BCUT2D eigenvalue weighted by Gasteiger charge is -2.29. The molecule has 1 saturated carbocycles. The van der Waals surface area contributed by atoms with Crippen molar-refractivity contribution >= 4 is 10.2 Å². The van der Waals surface area contributed by atoms with E-state index in [1.54, 1.807) is 0 Å². The van der Waals surface area contributed by atoms with Crippen LogP contribution in [0.1, 0.15) is 26.2 Å². The average molecular weight is 247 g/mol. The maximum Gasteiger partial charge on any atom is 0.277 e. The van der Waals surface area contributed by atoms with Gasteiger partial charge >= 0.3 is 0 Å². The number of rotatable bonds is 5. The highest BCUT2D eigenvalue weighted by Gasteiger charge is 2.28. The molecule has 2 aliphatic rings. The second-order valence-electron chi connectivity index (χ2n) is 4.97. The van der Waals surface area contributed by atoms with Crippen LogP contribution < -0.4 is 14.8 Å². The fourth-order valence-electron chi connectivity index (χ4n) is 2.05. The molecule has 0 aromatic heterocycles. The Morgan fingerprint density at radius 2 is 2.06 bits per heavy atom. The topological polar surface area (TPSA) is 70.2 Å². The molecule has 1 aliphatic heterocycles. The van der Waals surface area contributed by atoms with Crippen molar-refractivity contribution in [1.29, 1.82) is 0 Å². The predicted molar refractivity (Wildman–Crippen MR) is 63.2 cm³/mol. The van der Waals surface area contributed by atoms with Gasteiger partial charge in [-0.1, -0.05) is 6.92 Å². The molecule has 0 aromatic rings. The van der Waals surface area contributed by atoms with E-state index in [9.17, 15) is 8.42 Å². The number of hydrogen-bond donors (Lipinski definition) is 3. The van der Waals surface area contributed by atoms with Gasteiger partial charge in [-0.15, -0.1) is 0 Å². The molecule has 2 fully saturated rings. The highest BCUT2D eigenvalue weighted by atomic mass is 32.2. The first kappa shape index (κ1) is 12.3.